The van der Waals surface area contributed by atoms with Crippen LogP contribution in [0.1, 0.15) is 35.6 Å². The van der Waals surface area contributed by atoms with Gasteiger partial charge in [0.05, 0.1) is 11.1 Å². The molecule has 4 aromatic rings. The Labute approximate surface area is 189 Å². The van der Waals surface area contributed by atoms with Gasteiger partial charge in [-0.3, -0.25) is 0 Å². The van der Waals surface area contributed by atoms with Crippen molar-refractivity contribution in [3.63, 3.8) is 0 Å². The minimum Gasteiger partial charge on any atom is -0.206 e. The van der Waals surface area contributed by atoms with E-state index < -0.39 is 23.3 Å². The van der Waals surface area contributed by atoms with Crippen molar-refractivity contribution < 1.29 is 17.6 Å². The monoisotopic (exact) mass is 447 g/mol. The van der Waals surface area contributed by atoms with E-state index in [4.69, 9.17) is 5.26 Å². The SMILES string of the molecule is CCCc1cc(F)c(-c2ccc3c(F)c(CCc4ccc(C#N)c(F)c4)ccc3c2)c(F)c1. The summed E-state index contributed by atoms with van der Waals surface area (Å²) in [5.74, 6) is -2.27. The maximum atomic E-state index is 15.1. The van der Waals surface area contributed by atoms with E-state index in [0.29, 0.717) is 52.3 Å². The number of benzene rings is 4. The molecule has 0 aliphatic heterocycles. The summed E-state index contributed by atoms with van der Waals surface area (Å²) in [4.78, 5) is 0. The topological polar surface area (TPSA) is 23.8 Å². The first-order valence-electron chi connectivity index (χ1n) is 10.8. The Hall–Kier alpha value is -3.65. The molecule has 0 N–H and O–H groups in total. The van der Waals surface area contributed by atoms with Gasteiger partial charge in [-0.15, -0.1) is 0 Å². The molecule has 33 heavy (non-hydrogen) atoms. The van der Waals surface area contributed by atoms with E-state index >= 15 is 4.39 Å². The number of rotatable bonds is 6. The largest absolute Gasteiger partial charge is 0.206 e. The van der Waals surface area contributed by atoms with Crippen molar-refractivity contribution in [3.8, 4) is 17.2 Å². The van der Waals surface area contributed by atoms with Crippen molar-refractivity contribution >= 4 is 10.8 Å². The van der Waals surface area contributed by atoms with Crippen LogP contribution in [-0.4, -0.2) is 0 Å². The van der Waals surface area contributed by atoms with Crippen molar-refractivity contribution in [1.29, 1.82) is 5.26 Å². The summed E-state index contributed by atoms with van der Waals surface area (Å²) in [6.07, 6.45) is 2.13. The molecule has 0 aliphatic carbocycles. The molecule has 4 rings (SSSR count). The van der Waals surface area contributed by atoms with Crippen LogP contribution in [-0.2, 0) is 19.3 Å². The average Bonchev–Trinajstić information content (AvgIpc) is 2.78. The van der Waals surface area contributed by atoms with Gasteiger partial charge in [0.1, 0.15) is 29.3 Å². The fourth-order valence-electron chi connectivity index (χ4n) is 4.10. The first-order chi connectivity index (χ1) is 15.9. The Morgan fingerprint density at radius 2 is 1.45 bits per heavy atom. The number of aryl methyl sites for hydroxylation is 3. The molecule has 0 atom stereocenters. The predicted molar refractivity (Wildman–Crippen MR) is 122 cm³/mol. The van der Waals surface area contributed by atoms with Crippen LogP contribution in [0.2, 0.25) is 0 Å². The number of halogens is 4. The van der Waals surface area contributed by atoms with Crippen molar-refractivity contribution in [2.24, 2.45) is 0 Å². The molecule has 0 aromatic heterocycles. The zero-order valence-electron chi connectivity index (χ0n) is 18.1. The Morgan fingerprint density at radius 3 is 2.12 bits per heavy atom. The summed E-state index contributed by atoms with van der Waals surface area (Å²) in [7, 11) is 0. The molecule has 0 heterocycles. The minimum atomic E-state index is -0.635. The fraction of sp³-hybridized carbons (Fsp3) is 0.179. The van der Waals surface area contributed by atoms with Crippen molar-refractivity contribution in [2.45, 2.75) is 32.6 Å². The van der Waals surface area contributed by atoms with Crippen LogP contribution in [0.3, 0.4) is 0 Å². The highest BCUT2D eigenvalue weighted by Crippen LogP contribution is 2.32. The van der Waals surface area contributed by atoms with Gasteiger partial charge in [0.25, 0.3) is 0 Å². The summed E-state index contributed by atoms with van der Waals surface area (Å²) in [5.41, 5.74) is 1.93. The molecule has 166 valence electrons. The third-order valence-corrected chi connectivity index (χ3v) is 5.80. The van der Waals surface area contributed by atoms with Gasteiger partial charge >= 0.3 is 0 Å². The molecule has 5 heteroatoms. The van der Waals surface area contributed by atoms with Crippen LogP contribution in [0, 0.1) is 34.6 Å². The average molecular weight is 447 g/mol. The molecule has 0 aliphatic rings. The summed E-state index contributed by atoms with van der Waals surface area (Å²) in [5, 5.41) is 9.72. The summed E-state index contributed by atoms with van der Waals surface area (Å²) < 4.78 is 58.2. The highest BCUT2D eigenvalue weighted by molar-refractivity contribution is 5.88. The van der Waals surface area contributed by atoms with E-state index in [1.165, 1.54) is 36.4 Å². The first kappa shape index (κ1) is 22.5. The number of hydrogen-bond acceptors (Lipinski definition) is 1. The lowest BCUT2D eigenvalue weighted by atomic mass is 9.95. The van der Waals surface area contributed by atoms with E-state index in [2.05, 4.69) is 0 Å². The number of hydrogen-bond donors (Lipinski definition) is 0. The number of fused-ring (bicyclic) bond motifs is 1. The van der Waals surface area contributed by atoms with Gasteiger partial charge in [-0.2, -0.15) is 5.26 Å². The lowest BCUT2D eigenvalue weighted by Crippen LogP contribution is -1.98. The summed E-state index contributed by atoms with van der Waals surface area (Å²) >= 11 is 0. The van der Waals surface area contributed by atoms with Crippen LogP contribution in [0.25, 0.3) is 21.9 Å². The van der Waals surface area contributed by atoms with Gasteiger partial charge in [0.15, 0.2) is 0 Å². The van der Waals surface area contributed by atoms with Gasteiger partial charge in [0.2, 0.25) is 0 Å². The van der Waals surface area contributed by atoms with Crippen molar-refractivity contribution in [3.05, 3.63) is 106 Å². The standard InChI is InChI=1S/C28H21F4N/c1-2-3-18-13-25(30)27(26(31)14-18)21-10-11-23-20(15-21)9-8-19(28(23)32)6-4-17-5-7-22(16-33)24(29)12-17/h5,7-15H,2-4,6H2,1H3. The van der Waals surface area contributed by atoms with Crippen LogP contribution in [0.5, 0.6) is 0 Å². The van der Waals surface area contributed by atoms with Crippen LogP contribution in [0.15, 0.2) is 60.7 Å². The second-order valence-electron chi connectivity index (χ2n) is 8.09. The quantitative estimate of drug-likeness (QED) is 0.278. The molecule has 1 nitrogen and oxygen atoms in total. The van der Waals surface area contributed by atoms with E-state index in [-0.39, 0.29) is 11.1 Å². The normalized spacial score (nSPS) is 11.0. The van der Waals surface area contributed by atoms with Crippen LogP contribution < -0.4 is 0 Å². The number of nitriles is 1. The van der Waals surface area contributed by atoms with E-state index in [0.717, 1.165) is 6.42 Å². The predicted octanol–water partition coefficient (Wildman–Crippen LogP) is 7.67. The third kappa shape index (κ3) is 4.61. The Morgan fingerprint density at radius 1 is 0.727 bits per heavy atom. The molecule has 0 unspecified atom stereocenters. The van der Waals surface area contributed by atoms with Gasteiger partial charge in [0, 0.05) is 5.39 Å². The molecule has 0 bridgehead atoms. The summed E-state index contributed by atoms with van der Waals surface area (Å²) in [6.45, 7) is 1.94. The molecule has 0 saturated heterocycles. The van der Waals surface area contributed by atoms with E-state index in [1.807, 2.05) is 6.92 Å². The molecule has 0 amide bonds. The van der Waals surface area contributed by atoms with Crippen molar-refractivity contribution in [1.82, 2.24) is 0 Å². The van der Waals surface area contributed by atoms with E-state index in [9.17, 15) is 13.2 Å². The van der Waals surface area contributed by atoms with Gasteiger partial charge in [-0.1, -0.05) is 43.7 Å². The Bertz CT molecular complexity index is 1360. The minimum absolute atomic E-state index is 0.0284. The molecule has 4 aromatic carbocycles. The van der Waals surface area contributed by atoms with E-state index in [1.54, 1.807) is 30.3 Å². The second-order valence-corrected chi connectivity index (χ2v) is 8.09. The second kappa shape index (κ2) is 9.46. The molecular weight excluding hydrogens is 426 g/mol. The Balaban J connectivity index is 1.62. The molecule has 0 fully saturated rings. The highest BCUT2D eigenvalue weighted by Gasteiger charge is 2.15. The smallest absolute Gasteiger partial charge is 0.141 e. The zero-order chi connectivity index (χ0) is 23.5. The van der Waals surface area contributed by atoms with Crippen LogP contribution in [0.4, 0.5) is 17.6 Å². The number of nitrogens with zero attached hydrogens (tertiary/aromatic N) is 1. The summed E-state index contributed by atoms with van der Waals surface area (Å²) in [6, 6.07) is 16.8. The molecular formula is C28H21F4N. The highest BCUT2D eigenvalue weighted by atomic mass is 19.1. The van der Waals surface area contributed by atoms with Crippen molar-refractivity contribution in [2.75, 3.05) is 0 Å². The lowest BCUT2D eigenvalue weighted by molar-refractivity contribution is 0.585. The van der Waals surface area contributed by atoms with Gasteiger partial charge in [-0.05, 0) is 77.2 Å². The van der Waals surface area contributed by atoms with Crippen LogP contribution >= 0.6 is 0 Å². The molecule has 0 saturated carbocycles. The van der Waals surface area contributed by atoms with Gasteiger partial charge < -0.3 is 0 Å². The first-order valence-corrected chi connectivity index (χ1v) is 10.8. The maximum Gasteiger partial charge on any atom is 0.141 e. The fourth-order valence-corrected chi connectivity index (χ4v) is 4.10. The molecule has 0 spiro atoms. The van der Waals surface area contributed by atoms with Gasteiger partial charge in [-0.25, -0.2) is 17.6 Å². The lowest BCUT2D eigenvalue weighted by Gasteiger charge is -2.11. The molecule has 0 radical (unpaired) electrons. The zero-order valence-corrected chi connectivity index (χ0v) is 18.1. The maximum absolute atomic E-state index is 15.1. The Kier molecular flexibility index (Phi) is 6.46. The third-order valence-electron chi connectivity index (χ3n) is 5.80.